The normalized spacial score (nSPS) is 11.6. The Morgan fingerprint density at radius 1 is 1.25 bits per heavy atom. The average molecular weight is 319 g/mol. The van der Waals surface area contributed by atoms with Crippen molar-refractivity contribution in [2.75, 3.05) is 0 Å². The maximum atomic E-state index is 11.1. The van der Waals surface area contributed by atoms with Gasteiger partial charge in [0, 0.05) is 10.0 Å². The lowest BCUT2D eigenvalue weighted by Crippen LogP contribution is -2.09. The molecule has 0 aliphatic carbocycles. The maximum Gasteiger partial charge on any atom is 0.249 e. The number of benzene rings is 1. The molecular weight excluding hydrogens is 312 g/mol. The van der Waals surface area contributed by atoms with Gasteiger partial charge in [-0.15, -0.1) is 11.3 Å². The molecule has 0 spiro atoms. The van der Waals surface area contributed by atoms with E-state index >= 15 is 0 Å². The van der Waals surface area contributed by atoms with Gasteiger partial charge in [-0.1, -0.05) is 28.1 Å². The van der Waals surface area contributed by atoms with E-state index in [9.17, 15) is 8.42 Å². The van der Waals surface area contributed by atoms with E-state index in [0.717, 1.165) is 21.4 Å². The van der Waals surface area contributed by atoms with Gasteiger partial charge in [-0.3, -0.25) is 0 Å². The first-order chi connectivity index (χ1) is 7.47. The van der Waals surface area contributed by atoms with Crippen molar-refractivity contribution in [3.05, 3.63) is 34.9 Å². The Kier molecular flexibility index (Phi) is 3.11. The van der Waals surface area contributed by atoms with Gasteiger partial charge in [0.25, 0.3) is 0 Å². The summed E-state index contributed by atoms with van der Waals surface area (Å²) in [5, 5.41) is 5.64. The molecule has 0 aliphatic heterocycles. The highest BCUT2D eigenvalue weighted by molar-refractivity contribution is 9.10. The van der Waals surface area contributed by atoms with Crippen molar-refractivity contribution < 1.29 is 8.42 Å². The smallest absolute Gasteiger partial charge is 0.243 e. The Bertz CT molecular complexity index is 605. The minimum atomic E-state index is -3.65. The number of hydrogen-bond donors (Lipinski definition) is 1. The second-order valence-corrected chi connectivity index (χ2v) is 6.77. The first-order valence-corrected chi connectivity index (χ1v) is 7.37. The predicted molar refractivity (Wildman–Crippen MR) is 66.6 cm³/mol. The van der Waals surface area contributed by atoms with E-state index < -0.39 is 10.0 Å². The number of nitrogens with zero attached hydrogens (tertiary/aromatic N) is 1. The highest BCUT2D eigenvalue weighted by Crippen LogP contribution is 2.27. The third kappa shape index (κ3) is 2.49. The summed E-state index contributed by atoms with van der Waals surface area (Å²) >= 11 is 4.38. The molecule has 0 radical (unpaired) electrons. The molecule has 2 rings (SSSR count). The summed E-state index contributed by atoms with van der Waals surface area (Å²) in [6.07, 6.45) is 1.28. The second-order valence-electron chi connectivity index (χ2n) is 3.04. The maximum absolute atomic E-state index is 11.1. The van der Waals surface area contributed by atoms with Gasteiger partial charge in [0.15, 0.2) is 4.21 Å². The van der Waals surface area contributed by atoms with Crippen LogP contribution in [0.15, 0.2) is 39.1 Å². The average Bonchev–Trinajstić information content (AvgIpc) is 2.67. The molecule has 0 bridgehead atoms. The van der Waals surface area contributed by atoms with Crippen LogP contribution in [-0.2, 0) is 10.0 Å². The quantitative estimate of drug-likeness (QED) is 0.922. The number of rotatable bonds is 2. The van der Waals surface area contributed by atoms with Crippen LogP contribution >= 0.6 is 27.3 Å². The van der Waals surface area contributed by atoms with Gasteiger partial charge in [-0.2, -0.15) is 0 Å². The zero-order valence-corrected chi connectivity index (χ0v) is 11.1. The van der Waals surface area contributed by atoms with E-state index in [4.69, 9.17) is 5.14 Å². The van der Waals surface area contributed by atoms with Crippen LogP contribution in [0, 0.1) is 0 Å². The molecule has 4 nitrogen and oxygen atoms in total. The van der Waals surface area contributed by atoms with Crippen molar-refractivity contribution in [2.24, 2.45) is 5.14 Å². The topological polar surface area (TPSA) is 73.1 Å². The van der Waals surface area contributed by atoms with E-state index in [1.807, 2.05) is 24.3 Å². The summed E-state index contributed by atoms with van der Waals surface area (Å²) in [5.41, 5.74) is 0.864. The molecule has 7 heteroatoms. The summed E-state index contributed by atoms with van der Waals surface area (Å²) in [5.74, 6) is 0. The molecule has 0 atom stereocenters. The Hall–Kier alpha value is -0.760. The summed E-state index contributed by atoms with van der Waals surface area (Å²) in [6.45, 7) is 0. The SMILES string of the molecule is NS(=O)(=O)c1cnc(-c2ccc(Br)cc2)s1. The van der Waals surface area contributed by atoms with Gasteiger partial charge in [0.1, 0.15) is 5.01 Å². The Labute approximate surface area is 105 Å². The number of aromatic nitrogens is 1. The predicted octanol–water partition coefficient (Wildman–Crippen LogP) is 2.22. The lowest BCUT2D eigenvalue weighted by Gasteiger charge is -1.95. The molecule has 0 aliphatic rings. The van der Waals surface area contributed by atoms with Crippen LogP contribution in [-0.4, -0.2) is 13.4 Å². The van der Waals surface area contributed by atoms with Crippen molar-refractivity contribution in [1.82, 2.24) is 4.98 Å². The minimum absolute atomic E-state index is 0.0745. The molecule has 1 heterocycles. The molecule has 0 saturated heterocycles. The van der Waals surface area contributed by atoms with Crippen LogP contribution in [0.25, 0.3) is 10.6 Å². The molecule has 0 amide bonds. The second kappa shape index (κ2) is 4.25. The van der Waals surface area contributed by atoms with E-state index in [-0.39, 0.29) is 4.21 Å². The molecular formula is C9H7BrN2O2S2. The summed E-state index contributed by atoms with van der Waals surface area (Å²) in [6, 6.07) is 7.45. The fourth-order valence-electron chi connectivity index (χ4n) is 1.12. The van der Waals surface area contributed by atoms with Crippen molar-refractivity contribution in [1.29, 1.82) is 0 Å². The van der Waals surface area contributed by atoms with E-state index in [1.165, 1.54) is 6.20 Å². The fourth-order valence-corrected chi connectivity index (χ4v) is 2.94. The van der Waals surface area contributed by atoms with Gasteiger partial charge in [-0.05, 0) is 12.1 Å². The number of halogens is 1. The number of sulfonamides is 1. The number of nitrogens with two attached hydrogens (primary N) is 1. The van der Waals surface area contributed by atoms with E-state index in [0.29, 0.717) is 5.01 Å². The Balaban J connectivity index is 2.43. The molecule has 2 aromatic rings. The standard InChI is InChI=1S/C9H7BrN2O2S2/c10-7-3-1-6(2-4-7)9-12-5-8(15-9)16(11,13)14/h1-5H,(H2,11,13,14). The molecule has 84 valence electrons. The van der Waals surface area contributed by atoms with Crippen LogP contribution < -0.4 is 5.14 Å². The molecule has 0 fully saturated rings. The summed E-state index contributed by atoms with van der Waals surface area (Å²) in [7, 11) is -3.65. The highest BCUT2D eigenvalue weighted by atomic mass is 79.9. The van der Waals surface area contributed by atoms with Crippen LogP contribution in [0.1, 0.15) is 0 Å². The van der Waals surface area contributed by atoms with Gasteiger partial charge < -0.3 is 0 Å². The van der Waals surface area contributed by atoms with Gasteiger partial charge in [-0.25, -0.2) is 18.5 Å². The van der Waals surface area contributed by atoms with E-state index in [2.05, 4.69) is 20.9 Å². The molecule has 16 heavy (non-hydrogen) atoms. The fraction of sp³-hybridized carbons (Fsp3) is 0. The Morgan fingerprint density at radius 3 is 2.38 bits per heavy atom. The van der Waals surface area contributed by atoms with Crippen molar-refractivity contribution in [2.45, 2.75) is 4.21 Å². The molecule has 0 saturated carbocycles. The third-order valence-corrected chi connectivity index (χ3v) is 4.84. The molecule has 2 N–H and O–H groups in total. The first-order valence-electron chi connectivity index (χ1n) is 4.21. The van der Waals surface area contributed by atoms with Crippen molar-refractivity contribution >= 4 is 37.3 Å². The zero-order chi connectivity index (χ0) is 11.8. The first kappa shape index (κ1) is 11.7. The number of thiazole rings is 1. The largest absolute Gasteiger partial charge is 0.249 e. The van der Waals surface area contributed by atoms with Gasteiger partial charge >= 0.3 is 0 Å². The number of primary sulfonamides is 1. The molecule has 1 aromatic heterocycles. The van der Waals surface area contributed by atoms with E-state index in [1.54, 1.807) is 0 Å². The molecule has 0 unspecified atom stereocenters. The highest BCUT2D eigenvalue weighted by Gasteiger charge is 2.13. The van der Waals surface area contributed by atoms with Crippen molar-refractivity contribution in [3.63, 3.8) is 0 Å². The van der Waals surface area contributed by atoms with Crippen LogP contribution in [0.3, 0.4) is 0 Å². The number of hydrogen-bond acceptors (Lipinski definition) is 4. The van der Waals surface area contributed by atoms with Crippen LogP contribution in [0.5, 0.6) is 0 Å². The lowest BCUT2D eigenvalue weighted by atomic mass is 10.2. The van der Waals surface area contributed by atoms with Gasteiger partial charge in [0.05, 0.1) is 6.20 Å². The summed E-state index contributed by atoms with van der Waals surface area (Å²) in [4.78, 5) is 4.03. The monoisotopic (exact) mass is 318 g/mol. The zero-order valence-electron chi connectivity index (χ0n) is 7.92. The lowest BCUT2D eigenvalue weighted by molar-refractivity contribution is 0.599. The van der Waals surface area contributed by atoms with Crippen molar-refractivity contribution in [3.8, 4) is 10.6 Å². The van der Waals surface area contributed by atoms with Crippen LogP contribution in [0.2, 0.25) is 0 Å². The summed E-state index contributed by atoms with van der Waals surface area (Å²) < 4.78 is 23.2. The minimum Gasteiger partial charge on any atom is -0.243 e. The van der Waals surface area contributed by atoms with Crippen LogP contribution in [0.4, 0.5) is 0 Å². The third-order valence-electron chi connectivity index (χ3n) is 1.86. The Morgan fingerprint density at radius 2 is 1.88 bits per heavy atom. The molecule has 1 aromatic carbocycles. The van der Waals surface area contributed by atoms with Gasteiger partial charge in [0.2, 0.25) is 10.0 Å².